The minimum Gasteiger partial charge on any atom is -0.459 e. The van der Waals surface area contributed by atoms with Crippen LogP contribution < -0.4 is 0 Å². The molecule has 2 N–H and O–H groups in total. The Morgan fingerprint density at radius 3 is 1.99 bits per heavy atom. The van der Waals surface area contributed by atoms with Gasteiger partial charge < -0.3 is 86.0 Å². The van der Waals surface area contributed by atoms with Crippen LogP contribution in [-0.4, -0.2) is 199 Å². The number of aliphatic hydroxyl groups excluding tert-OH is 2. The highest BCUT2D eigenvalue weighted by Crippen LogP contribution is 2.58. The Balaban J connectivity index is 0.628. The minimum atomic E-state index is -0.941. The van der Waals surface area contributed by atoms with E-state index >= 15 is 0 Å². The van der Waals surface area contributed by atoms with Gasteiger partial charge in [0.1, 0.15) is 42.7 Å². The molecule has 0 aromatic carbocycles. The summed E-state index contributed by atoms with van der Waals surface area (Å²) in [6, 6.07) is 0. The zero-order valence-corrected chi connectivity index (χ0v) is 47.0. The van der Waals surface area contributed by atoms with Crippen LogP contribution in [0.15, 0.2) is 24.3 Å². The van der Waals surface area contributed by atoms with E-state index in [1.807, 2.05) is 0 Å². The van der Waals surface area contributed by atoms with Gasteiger partial charge in [0.2, 0.25) is 0 Å². The van der Waals surface area contributed by atoms with Gasteiger partial charge in [0.25, 0.3) is 0 Å². The summed E-state index contributed by atoms with van der Waals surface area (Å²) in [5.74, 6) is -2.60. The molecule has 19 heteroatoms. The van der Waals surface area contributed by atoms with Gasteiger partial charge >= 0.3 is 5.97 Å². The third-order valence-electron chi connectivity index (χ3n) is 22.6. The first-order valence-corrected chi connectivity index (χ1v) is 31.4. The van der Waals surface area contributed by atoms with Gasteiger partial charge in [-0.1, -0.05) is 40.9 Å². The van der Waals surface area contributed by atoms with Crippen molar-refractivity contribution in [2.75, 3.05) is 6.61 Å². The number of carbonyl (C=O) groups excluding carboxylic acids is 1. The van der Waals surface area contributed by atoms with Crippen LogP contribution in [-0.2, 0) is 80.6 Å². The molecular formula is C61H86O19. The number of hydrogen-bond acceptors (Lipinski definition) is 19. The van der Waals surface area contributed by atoms with Crippen molar-refractivity contribution in [1.29, 1.82) is 0 Å². The highest BCUT2D eigenvalue weighted by atomic mass is 16.8. The van der Waals surface area contributed by atoms with E-state index in [0.717, 1.165) is 49.7 Å². The maximum absolute atomic E-state index is 14.6. The van der Waals surface area contributed by atoms with Crippen LogP contribution in [0, 0.1) is 23.7 Å². The molecule has 0 aromatic rings. The molecule has 17 fully saturated rings. The minimum absolute atomic E-state index is 0.0140. The predicted molar refractivity (Wildman–Crippen MR) is 276 cm³/mol. The van der Waals surface area contributed by atoms with E-state index in [1.54, 1.807) is 0 Å². The van der Waals surface area contributed by atoms with Crippen molar-refractivity contribution < 1.29 is 90.8 Å². The van der Waals surface area contributed by atoms with Gasteiger partial charge in [-0.25, -0.2) is 0 Å². The van der Waals surface area contributed by atoms with Gasteiger partial charge in [0, 0.05) is 70.1 Å². The Labute approximate surface area is 469 Å². The number of aliphatic hydroxyl groups is 2. The molecule has 444 valence electrons. The quantitative estimate of drug-likeness (QED) is 0.265. The number of carbonyl (C=O) groups is 1. The van der Waals surface area contributed by atoms with Crippen molar-refractivity contribution in [3.05, 3.63) is 24.3 Å². The lowest BCUT2D eigenvalue weighted by molar-refractivity contribution is -0.369. The van der Waals surface area contributed by atoms with Crippen molar-refractivity contribution in [3.63, 3.8) is 0 Å². The normalized spacial score (nSPS) is 58.9. The van der Waals surface area contributed by atoms with Crippen LogP contribution >= 0.6 is 0 Å². The lowest BCUT2D eigenvalue weighted by Gasteiger charge is -2.54. The van der Waals surface area contributed by atoms with Crippen LogP contribution in [0.25, 0.3) is 0 Å². The zero-order valence-electron chi connectivity index (χ0n) is 47.0. The fraction of sp³-hybridized carbons (Fsp3) is 0.918. The average molecular weight is 1120 g/mol. The SMILES string of the molecule is C=C1C[C@@H]2CC[C@@]34C[C@H]5O[C@H]6[C@@H](O3)[C@H]3O[C@H](CC[C@@H]3O[C@H]6C5O4)CC(=O)O[C@@H]3[C@@H](C)[C@@H]4O[C@@H]5C[C@]6(C[C@@H]7O[C@]8(C[C@H](C)[C@@H]9O[C@@H]%10C[C@@H]([C@@H](O)CO)O[C@@H]%10C[C@@H]9O8)C[C@H](C)[C@@H]7O6)O[C@@H]5C[C@@H]4O[C@H]3C[C@H]3O[C@@H](CC[C@@H]1O2)C[C@@H](C)C3=C. The molecule has 0 aromatic heterocycles. The molecule has 0 radical (unpaired) electrons. The lowest BCUT2D eigenvalue weighted by Crippen LogP contribution is -2.62. The van der Waals surface area contributed by atoms with Crippen molar-refractivity contribution in [3.8, 4) is 0 Å². The van der Waals surface area contributed by atoms with Gasteiger partial charge in [-0.15, -0.1) is 0 Å². The van der Waals surface area contributed by atoms with E-state index in [-0.39, 0.29) is 159 Å². The first kappa shape index (κ1) is 53.7. The molecule has 80 heavy (non-hydrogen) atoms. The molecular weight excluding hydrogens is 1040 g/mol. The van der Waals surface area contributed by atoms with Crippen molar-refractivity contribution in [2.45, 2.75) is 319 Å². The summed E-state index contributed by atoms with van der Waals surface area (Å²) in [5.41, 5.74) is 2.16. The number of fused-ring (bicyclic) bond motifs is 11. The molecule has 3 spiro atoms. The molecule has 17 rings (SSSR count). The molecule has 17 heterocycles. The highest BCUT2D eigenvalue weighted by Gasteiger charge is 2.70. The number of esters is 1. The van der Waals surface area contributed by atoms with Crippen molar-refractivity contribution in [2.24, 2.45) is 23.7 Å². The van der Waals surface area contributed by atoms with Gasteiger partial charge in [0.05, 0.1) is 129 Å². The summed E-state index contributed by atoms with van der Waals surface area (Å²) < 4.78 is 110. The smallest absolute Gasteiger partial charge is 0.308 e. The maximum atomic E-state index is 14.6. The third-order valence-corrected chi connectivity index (χ3v) is 22.6. The van der Waals surface area contributed by atoms with Crippen LogP contribution in [0.4, 0.5) is 0 Å². The molecule has 0 aliphatic carbocycles. The van der Waals surface area contributed by atoms with Gasteiger partial charge in [-0.3, -0.25) is 4.79 Å². The van der Waals surface area contributed by atoms with Crippen molar-refractivity contribution >= 4 is 5.97 Å². The summed E-state index contributed by atoms with van der Waals surface area (Å²) in [6.07, 6.45) is 4.03. The standard InChI is InChI=1S/C61H86O19/c1-26-13-32-7-9-36-27(2)14-34(65-36)11-12-59-23-47-55(79-59)56-57(73-47)58(80-59)54-37(70-56)10-8-33(67-54)15-49(64)74-53-31(6)52-44(69-43(53)16-38(66-32)30(26)5)19-42-46(72-52)22-61(75-42)24-48-51(78-61)29(4)21-60(77-48)20-28(3)50-45(76-60)18-40-41(71-50)17-39(68-40)35(63)25-62/h26,28-29,31-48,50-58,62-63H,2,5,7-25H2,1,3-4,6H3/t26-,28+,29+,31+,32+,33-,34+,35+,36+,37+,38-,39+,40-,41-,42-,43+,44+,45+,46-,47-,48+,50+,51+,52+,53-,54+,55?,56+,57-,58+,59+,60-,61+/m1/s1. The molecule has 17 saturated heterocycles. The second kappa shape index (κ2) is 19.9. The second-order valence-electron chi connectivity index (χ2n) is 28.1. The van der Waals surface area contributed by atoms with Gasteiger partial charge in [-0.2, -0.15) is 0 Å². The Morgan fingerprint density at radius 1 is 0.475 bits per heavy atom. The van der Waals surface area contributed by atoms with E-state index < -0.39 is 60.1 Å². The van der Waals surface area contributed by atoms with E-state index in [0.29, 0.717) is 70.6 Å². The average Bonchev–Trinajstić information content (AvgIpc) is 3.61. The molecule has 17 aliphatic heterocycles. The highest BCUT2D eigenvalue weighted by molar-refractivity contribution is 5.70. The molecule has 0 saturated carbocycles. The maximum Gasteiger partial charge on any atom is 0.308 e. The lowest BCUT2D eigenvalue weighted by atomic mass is 9.78. The Bertz CT molecular complexity index is 2410. The van der Waals surface area contributed by atoms with Crippen LogP contribution in [0.1, 0.15) is 143 Å². The zero-order chi connectivity index (χ0) is 54.3. The van der Waals surface area contributed by atoms with Crippen LogP contribution in [0.3, 0.4) is 0 Å². The Hall–Kier alpha value is -1.73. The van der Waals surface area contributed by atoms with Crippen molar-refractivity contribution in [1.82, 2.24) is 0 Å². The summed E-state index contributed by atoms with van der Waals surface area (Å²) in [7, 11) is 0. The number of hydrogen-bond donors (Lipinski definition) is 2. The number of rotatable bonds is 2. The second-order valence-corrected chi connectivity index (χ2v) is 28.1. The number of ether oxygens (including phenoxy) is 16. The molecule has 19 nitrogen and oxygen atoms in total. The Morgan fingerprint density at radius 2 is 1.12 bits per heavy atom. The largest absolute Gasteiger partial charge is 0.459 e. The predicted octanol–water partition coefficient (Wildman–Crippen LogP) is 5.33. The van der Waals surface area contributed by atoms with Gasteiger partial charge in [-0.05, 0) is 73.8 Å². The summed E-state index contributed by atoms with van der Waals surface area (Å²) >= 11 is 0. The van der Waals surface area contributed by atoms with Crippen LogP contribution in [0.5, 0.6) is 0 Å². The first-order valence-electron chi connectivity index (χ1n) is 31.4. The van der Waals surface area contributed by atoms with E-state index in [1.165, 1.54) is 0 Å². The molecule has 12 bridgehead atoms. The van der Waals surface area contributed by atoms with Crippen LogP contribution in [0.2, 0.25) is 0 Å². The monoisotopic (exact) mass is 1120 g/mol. The fourth-order valence-electron chi connectivity index (χ4n) is 18.8. The van der Waals surface area contributed by atoms with Gasteiger partial charge in [0.15, 0.2) is 17.4 Å². The Kier molecular flexibility index (Phi) is 13.4. The summed E-state index contributed by atoms with van der Waals surface area (Å²) in [4.78, 5) is 14.6. The van der Waals surface area contributed by atoms with E-state index in [9.17, 15) is 15.0 Å². The molecule has 33 atom stereocenters. The summed E-state index contributed by atoms with van der Waals surface area (Å²) in [6.45, 7) is 17.6. The molecule has 0 amide bonds. The summed E-state index contributed by atoms with van der Waals surface area (Å²) in [5, 5.41) is 20.0. The fourth-order valence-corrected chi connectivity index (χ4v) is 18.8. The topological polar surface area (TPSA) is 205 Å². The molecule has 17 aliphatic rings. The van der Waals surface area contributed by atoms with E-state index in [2.05, 4.69) is 40.9 Å². The first-order chi connectivity index (χ1) is 38.6. The molecule has 1 unspecified atom stereocenters. The third kappa shape index (κ3) is 8.99. The van der Waals surface area contributed by atoms with E-state index in [4.69, 9.17) is 75.8 Å².